The second kappa shape index (κ2) is 44.4. The first-order chi connectivity index (χ1) is 65.3. The van der Waals surface area contributed by atoms with E-state index in [2.05, 4.69) is 84.3 Å². The van der Waals surface area contributed by atoms with E-state index in [0.717, 1.165) is 149 Å². The molecule has 0 saturated carbocycles. The smallest absolute Gasteiger partial charge is 0.435 e. The molecule has 27 nitrogen and oxygen atoms in total. The Bertz CT molecular complexity index is 7870. The third-order valence-corrected chi connectivity index (χ3v) is 21.4. The minimum atomic E-state index is -4.63. The molecule has 0 aliphatic carbocycles. The van der Waals surface area contributed by atoms with Crippen LogP contribution >= 0.6 is 0 Å². The predicted octanol–water partition coefficient (Wildman–Crippen LogP) is 21.0. The number of halogens is 12. The van der Waals surface area contributed by atoms with Crippen LogP contribution < -0.4 is 0 Å². The number of aromatic carboxylic acids is 4. The third kappa shape index (κ3) is 23.1. The molecule has 0 atom stereocenters. The SMILES string of the molecule is Cc1cc(C(F)(F)F)nn1-c1[c-]cc(C(F)(F)F)nc1.Cc1cc(C(F)(F)F)nn1-c1[c-]ccnc1.Cc1cn2c3ccccc3c3nc(F)c[c-]c3c2n1.Cn1c2ccccc2c2cc(C(=O)O)ncc21.Cn1c2ccccc2c2cc(C(=O)O)ncc21.Cn1c2ccccc2c2cc(C(=O)O)ncc21.Cn1c2ccccc2c2cc(C(=O)O)ncc21.Fc1c[c-]c(-c2ccccn2)c(F)n1.[Ir].[Ir].[Ir].[Ir]. The van der Waals surface area contributed by atoms with Crippen LogP contribution in [-0.4, -0.2) is 136 Å². The molecular formula is C98H67F12Ir4N19O8-4. The van der Waals surface area contributed by atoms with Crippen molar-refractivity contribution in [2.75, 3.05) is 0 Å². The monoisotopic (exact) mass is 2640 g/mol. The zero-order chi connectivity index (χ0) is 97.8. The summed E-state index contributed by atoms with van der Waals surface area (Å²) >= 11 is 0. The predicted molar refractivity (Wildman–Crippen MR) is 483 cm³/mol. The number of aromatic nitrogens is 19. The fourth-order valence-corrected chi connectivity index (χ4v) is 15.0. The normalized spacial score (nSPS) is 11.1. The number of carboxylic acid groups (broad SMARTS) is 4. The number of hydrogen-bond acceptors (Lipinski definition) is 16. The van der Waals surface area contributed by atoms with Crippen molar-refractivity contribution >= 4 is 139 Å². The molecule has 0 spiro atoms. The minimum Gasteiger partial charge on any atom is -0.477 e. The molecular weight excluding hydrogens is 2570 g/mol. The Morgan fingerprint density at radius 3 is 1.07 bits per heavy atom. The average Bonchev–Trinajstić information content (AvgIpc) is 1.79. The van der Waals surface area contributed by atoms with Gasteiger partial charge in [0.15, 0.2) is 11.4 Å². The van der Waals surface area contributed by atoms with E-state index < -0.39 is 77.3 Å². The Hall–Kier alpha value is -15.1. The molecule has 17 heterocycles. The topological polar surface area (TPSA) is 338 Å². The number of hydrogen-bond donors (Lipinski definition) is 4. The van der Waals surface area contributed by atoms with Crippen LogP contribution in [0.5, 0.6) is 0 Å². The Labute approximate surface area is 842 Å². The molecule has 0 saturated heterocycles. The van der Waals surface area contributed by atoms with Crippen molar-refractivity contribution in [2.24, 2.45) is 28.2 Å². The molecule has 0 amide bonds. The van der Waals surface area contributed by atoms with Gasteiger partial charge in [-0.2, -0.15) is 67.9 Å². The number of rotatable bonds is 7. The van der Waals surface area contributed by atoms with Gasteiger partial charge >= 0.3 is 42.4 Å². The number of alkyl halides is 9. The fraction of sp³-hybridized carbons (Fsp3) is 0.102. The molecule has 0 bridgehead atoms. The van der Waals surface area contributed by atoms with Crippen LogP contribution in [0.3, 0.4) is 0 Å². The largest absolute Gasteiger partial charge is 0.477 e. The van der Waals surface area contributed by atoms with E-state index >= 15 is 0 Å². The van der Waals surface area contributed by atoms with Gasteiger partial charge in [-0.1, -0.05) is 145 Å². The average molecular weight is 2640 g/mol. The van der Waals surface area contributed by atoms with Crippen LogP contribution in [-0.2, 0) is 127 Å². The van der Waals surface area contributed by atoms with E-state index in [1.807, 2.05) is 185 Å². The van der Waals surface area contributed by atoms with Gasteiger partial charge in [0.1, 0.15) is 40.6 Å². The van der Waals surface area contributed by atoms with Crippen molar-refractivity contribution in [3.8, 4) is 22.6 Å². The number of aryl methyl sites for hydroxylation is 7. The van der Waals surface area contributed by atoms with Crippen LogP contribution in [0, 0.1) is 62.9 Å². The number of fused-ring (bicyclic) bond motifs is 18. The molecule has 4 radical (unpaired) electrons. The van der Waals surface area contributed by atoms with Gasteiger partial charge in [0.2, 0.25) is 0 Å². The van der Waals surface area contributed by atoms with Crippen molar-refractivity contribution in [1.29, 1.82) is 0 Å². The first-order valence-corrected chi connectivity index (χ1v) is 40.5. The number of carboxylic acids is 4. The summed E-state index contributed by atoms with van der Waals surface area (Å²) in [6.07, 6.45) is -0.107. The summed E-state index contributed by atoms with van der Waals surface area (Å²) in [5, 5.41) is 52.1. The number of imidazole rings is 1. The maximum Gasteiger partial charge on any atom is 0.435 e. The van der Waals surface area contributed by atoms with Crippen molar-refractivity contribution in [2.45, 2.75) is 39.3 Å². The first-order valence-electron chi connectivity index (χ1n) is 40.5. The molecule has 22 rings (SSSR count). The summed E-state index contributed by atoms with van der Waals surface area (Å²) in [5.41, 5.74) is 9.63. The number of pyridine rings is 10. The molecule has 0 fully saturated rings. The third-order valence-electron chi connectivity index (χ3n) is 21.4. The summed E-state index contributed by atoms with van der Waals surface area (Å²) in [7, 11) is 7.80. The summed E-state index contributed by atoms with van der Waals surface area (Å²) in [6, 6.07) is 67.4. The first kappa shape index (κ1) is 106. The van der Waals surface area contributed by atoms with Crippen molar-refractivity contribution in [3.63, 3.8) is 0 Å². The molecule has 0 unspecified atom stereocenters. The van der Waals surface area contributed by atoms with Crippen molar-refractivity contribution < 1.29 is 173 Å². The van der Waals surface area contributed by atoms with E-state index in [0.29, 0.717) is 28.7 Å². The molecule has 17 aromatic heterocycles. The quantitative estimate of drug-likeness (QED) is 0.0498. The Morgan fingerprint density at radius 1 is 0.355 bits per heavy atom. The van der Waals surface area contributed by atoms with Crippen LogP contribution in [0.4, 0.5) is 52.7 Å². The molecule has 726 valence electrons. The van der Waals surface area contributed by atoms with E-state index in [1.54, 1.807) is 74.2 Å². The standard InChI is InChI=1S/C15H9FN3.4C13H10N2O2.C11H6F6N3.C10H7F3N3.C10H5F2N2.4Ir/c1-9-8-19-12-5-3-2-4-10(12)14-11(15(19)17-9)6-7-13(16)18-14;4*1-15-11-5-3-2-4-8(11)9-6-10(13(16)17)14-7-12(9)15;1-6-4-9(11(15,16)17)19-20(6)7-2-3-8(18-5-7)10(12,13)14;1-7-5-9(10(11,12)13)15-16(7)8-3-2-4-14-6-8;11-9-5-4-7(10(12)14-9)8-3-1-2-6-13-8;;;;/h2-5,7-8H,1H3;4*2-7H,1H3,(H,16,17);3-5H,1H3;2,4-6H,1H3;1-3,5-6H;;;;/q-1;;;;;3*-1;;;;. The zero-order valence-corrected chi connectivity index (χ0v) is 83.1. The molecule has 0 aliphatic rings. The van der Waals surface area contributed by atoms with E-state index in [1.165, 1.54) is 37.6 Å². The summed E-state index contributed by atoms with van der Waals surface area (Å²) < 4.78 is 163. The van der Waals surface area contributed by atoms with Crippen LogP contribution in [0.2, 0.25) is 0 Å². The number of nitrogens with zero attached hydrogens (tertiary/aromatic N) is 19. The van der Waals surface area contributed by atoms with Crippen LogP contribution in [0.1, 0.15) is 76.1 Å². The van der Waals surface area contributed by atoms with Gasteiger partial charge in [-0.25, -0.2) is 52.3 Å². The fourth-order valence-electron chi connectivity index (χ4n) is 15.0. The Balaban J connectivity index is 0.000000154. The van der Waals surface area contributed by atoms with Gasteiger partial charge in [-0.05, 0) is 122 Å². The maximum atomic E-state index is 13.4. The second-order valence-electron chi connectivity index (χ2n) is 30.1. The van der Waals surface area contributed by atoms with Gasteiger partial charge in [0.25, 0.3) is 0 Å². The van der Waals surface area contributed by atoms with Crippen molar-refractivity contribution in [1.82, 2.24) is 92.1 Å². The maximum absolute atomic E-state index is 13.4. The van der Waals surface area contributed by atoms with Gasteiger partial charge in [0.05, 0.1) is 52.5 Å². The molecule has 5 aromatic carbocycles. The Morgan fingerprint density at radius 2 is 0.723 bits per heavy atom. The molecule has 141 heavy (non-hydrogen) atoms. The minimum absolute atomic E-state index is 0. The summed E-state index contributed by atoms with van der Waals surface area (Å²) in [6.45, 7) is 4.82. The van der Waals surface area contributed by atoms with Crippen LogP contribution in [0.25, 0.3) is 137 Å². The number of para-hydroxylation sites is 5. The molecule has 22 aromatic rings. The zero-order valence-electron chi connectivity index (χ0n) is 73.5. The molecule has 4 N–H and O–H groups in total. The van der Waals surface area contributed by atoms with Gasteiger partial charge in [-0.15, -0.1) is 18.2 Å². The van der Waals surface area contributed by atoms with Crippen molar-refractivity contribution in [3.05, 3.63) is 355 Å². The molecule has 43 heteroatoms. The van der Waals surface area contributed by atoms with E-state index in [-0.39, 0.29) is 120 Å². The second-order valence-corrected chi connectivity index (χ2v) is 30.1. The van der Waals surface area contributed by atoms with Crippen LogP contribution in [0.15, 0.2) is 256 Å². The van der Waals surface area contributed by atoms with Gasteiger partial charge < -0.3 is 63.0 Å². The van der Waals surface area contributed by atoms with Gasteiger partial charge in [-0.3, -0.25) is 19.3 Å². The van der Waals surface area contributed by atoms with E-state index in [9.17, 15) is 71.9 Å². The number of benzene rings is 5. The van der Waals surface area contributed by atoms with E-state index in [4.69, 9.17) is 20.4 Å². The molecule has 0 aliphatic heterocycles. The Kier molecular flexibility index (Phi) is 33.5. The summed E-state index contributed by atoms with van der Waals surface area (Å²) in [5.74, 6) is -6.31. The van der Waals surface area contributed by atoms with Gasteiger partial charge in [0, 0.05) is 214 Å². The summed E-state index contributed by atoms with van der Waals surface area (Å²) in [4.78, 5) is 81.8. The number of carbonyl (C=O) groups is 4.